The Morgan fingerprint density at radius 1 is 1.16 bits per heavy atom. The molecule has 0 atom stereocenters. The average Bonchev–Trinajstić information content (AvgIpc) is 3.15. The highest BCUT2D eigenvalue weighted by Gasteiger charge is 2.15. The van der Waals surface area contributed by atoms with Gasteiger partial charge in [0.2, 0.25) is 5.95 Å². The van der Waals surface area contributed by atoms with Gasteiger partial charge in [-0.15, -0.1) is 0 Å². The monoisotopic (exact) mass is 335 g/mol. The SMILES string of the molecule is Cc1noc(C)c1-c1cc(NCc2nc3ccccc3[nH]2)nc(N)n1. The summed E-state index contributed by atoms with van der Waals surface area (Å²) < 4.78 is 5.21. The minimum Gasteiger partial charge on any atom is -0.368 e. The number of hydrogen-bond acceptors (Lipinski definition) is 7. The third-order valence-electron chi connectivity index (χ3n) is 3.91. The lowest BCUT2D eigenvalue weighted by atomic mass is 10.1. The van der Waals surface area contributed by atoms with E-state index in [0.717, 1.165) is 28.1 Å². The lowest BCUT2D eigenvalue weighted by molar-refractivity contribution is 0.393. The van der Waals surface area contributed by atoms with Gasteiger partial charge in [0, 0.05) is 6.07 Å². The number of anilines is 2. The largest absolute Gasteiger partial charge is 0.368 e. The van der Waals surface area contributed by atoms with E-state index in [4.69, 9.17) is 10.3 Å². The molecule has 0 bridgehead atoms. The fourth-order valence-electron chi connectivity index (χ4n) is 2.80. The van der Waals surface area contributed by atoms with Crippen LogP contribution in [0.15, 0.2) is 34.9 Å². The quantitative estimate of drug-likeness (QED) is 0.524. The first kappa shape index (κ1) is 15.1. The van der Waals surface area contributed by atoms with Gasteiger partial charge in [-0.05, 0) is 26.0 Å². The maximum absolute atomic E-state index is 5.86. The number of nitrogens with zero attached hydrogens (tertiary/aromatic N) is 4. The molecule has 25 heavy (non-hydrogen) atoms. The zero-order valence-corrected chi connectivity index (χ0v) is 13.9. The average molecular weight is 335 g/mol. The molecule has 0 amide bonds. The van der Waals surface area contributed by atoms with Gasteiger partial charge < -0.3 is 20.6 Å². The number of imidazole rings is 1. The molecule has 4 aromatic rings. The van der Waals surface area contributed by atoms with Gasteiger partial charge >= 0.3 is 0 Å². The predicted molar refractivity (Wildman–Crippen MR) is 94.8 cm³/mol. The molecule has 0 unspecified atom stereocenters. The van der Waals surface area contributed by atoms with Crippen LogP contribution in [0.3, 0.4) is 0 Å². The van der Waals surface area contributed by atoms with E-state index in [1.54, 1.807) is 0 Å². The fraction of sp³-hybridized carbons (Fsp3) is 0.176. The highest BCUT2D eigenvalue weighted by molar-refractivity contribution is 5.74. The molecule has 0 spiro atoms. The number of hydrogen-bond donors (Lipinski definition) is 3. The summed E-state index contributed by atoms with van der Waals surface area (Å²) >= 11 is 0. The molecule has 126 valence electrons. The molecule has 0 saturated carbocycles. The van der Waals surface area contributed by atoms with Crippen molar-refractivity contribution in [1.29, 1.82) is 0 Å². The number of nitrogens with two attached hydrogens (primary N) is 1. The Kier molecular flexibility index (Phi) is 3.57. The number of aromatic nitrogens is 5. The van der Waals surface area contributed by atoms with Crippen molar-refractivity contribution in [3.63, 3.8) is 0 Å². The van der Waals surface area contributed by atoms with Gasteiger partial charge in [0.1, 0.15) is 17.4 Å². The van der Waals surface area contributed by atoms with E-state index in [1.807, 2.05) is 44.2 Å². The molecule has 8 nitrogen and oxygen atoms in total. The molecule has 0 aliphatic carbocycles. The molecule has 0 radical (unpaired) electrons. The molecule has 0 fully saturated rings. The first-order chi connectivity index (χ1) is 12.1. The zero-order valence-electron chi connectivity index (χ0n) is 13.9. The molecular weight excluding hydrogens is 318 g/mol. The molecule has 4 rings (SSSR count). The molecule has 0 saturated heterocycles. The van der Waals surface area contributed by atoms with Crippen LogP contribution in [-0.2, 0) is 6.54 Å². The van der Waals surface area contributed by atoms with Crippen LogP contribution in [0, 0.1) is 13.8 Å². The van der Waals surface area contributed by atoms with Crippen LogP contribution >= 0.6 is 0 Å². The molecule has 8 heteroatoms. The minimum absolute atomic E-state index is 0.185. The van der Waals surface area contributed by atoms with Gasteiger partial charge in [0.05, 0.1) is 34.5 Å². The van der Waals surface area contributed by atoms with Crippen LogP contribution in [0.5, 0.6) is 0 Å². The van der Waals surface area contributed by atoms with E-state index in [2.05, 4.69) is 30.4 Å². The molecule has 4 N–H and O–H groups in total. The van der Waals surface area contributed by atoms with Crippen molar-refractivity contribution in [2.24, 2.45) is 0 Å². The van der Waals surface area contributed by atoms with E-state index >= 15 is 0 Å². The highest BCUT2D eigenvalue weighted by Crippen LogP contribution is 2.27. The fourth-order valence-corrected chi connectivity index (χ4v) is 2.80. The second-order valence-corrected chi connectivity index (χ2v) is 5.75. The third kappa shape index (κ3) is 2.89. The zero-order chi connectivity index (χ0) is 17.4. The summed E-state index contributed by atoms with van der Waals surface area (Å²) in [5.41, 5.74) is 10.1. The summed E-state index contributed by atoms with van der Waals surface area (Å²) in [4.78, 5) is 16.3. The Hall–Kier alpha value is -3.42. The van der Waals surface area contributed by atoms with Crippen molar-refractivity contribution in [3.8, 4) is 11.3 Å². The van der Waals surface area contributed by atoms with E-state index in [9.17, 15) is 0 Å². The number of benzene rings is 1. The second kappa shape index (κ2) is 5.90. The second-order valence-electron chi connectivity index (χ2n) is 5.75. The smallest absolute Gasteiger partial charge is 0.222 e. The van der Waals surface area contributed by atoms with Crippen LogP contribution in [0.4, 0.5) is 11.8 Å². The Balaban J connectivity index is 1.60. The predicted octanol–water partition coefficient (Wildman–Crippen LogP) is 2.82. The lowest BCUT2D eigenvalue weighted by Crippen LogP contribution is -2.06. The lowest BCUT2D eigenvalue weighted by Gasteiger charge is -2.07. The van der Waals surface area contributed by atoms with Crippen LogP contribution < -0.4 is 11.1 Å². The number of nitrogens with one attached hydrogen (secondary N) is 2. The van der Waals surface area contributed by atoms with Crippen molar-refractivity contribution in [1.82, 2.24) is 25.1 Å². The van der Waals surface area contributed by atoms with Crippen molar-refractivity contribution in [3.05, 3.63) is 47.6 Å². The van der Waals surface area contributed by atoms with E-state index in [-0.39, 0.29) is 5.95 Å². The number of nitrogen functional groups attached to an aromatic ring is 1. The number of para-hydroxylation sites is 2. The van der Waals surface area contributed by atoms with Gasteiger partial charge in [-0.3, -0.25) is 0 Å². The molecule has 0 aliphatic heterocycles. The Morgan fingerprint density at radius 3 is 2.76 bits per heavy atom. The maximum atomic E-state index is 5.86. The Bertz CT molecular complexity index is 998. The first-order valence-corrected chi connectivity index (χ1v) is 7.85. The van der Waals surface area contributed by atoms with Crippen molar-refractivity contribution >= 4 is 22.8 Å². The Labute approximate surface area is 143 Å². The number of H-pyrrole nitrogens is 1. The van der Waals surface area contributed by atoms with Crippen molar-refractivity contribution in [2.75, 3.05) is 11.1 Å². The van der Waals surface area contributed by atoms with Crippen LogP contribution in [0.2, 0.25) is 0 Å². The topological polar surface area (TPSA) is 119 Å². The molecule has 3 heterocycles. The highest BCUT2D eigenvalue weighted by atomic mass is 16.5. The number of aryl methyl sites for hydroxylation is 2. The summed E-state index contributed by atoms with van der Waals surface area (Å²) in [5.74, 6) is 2.31. The molecule has 1 aromatic carbocycles. The molecule has 0 aliphatic rings. The molecular formula is C17H17N7O. The van der Waals surface area contributed by atoms with Gasteiger partial charge in [0.25, 0.3) is 0 Å². The normalized spacial score (nSPS) is 11.1. The van der Waals surface area contributed by atoms with Gasteiger partial charge in [0.15, 0.2) is 0 Å². The summed E-state index contributed by atoms with van der Waals surface area (Å²) in [5, 5.41) is 7.19. The summed E-state index contributed by atoms with van der Waals surface area (Å²) in [7, 11) is 0. The standard InChI is InChI=1S/C17H17N7O/c1-9-16(10(2)25-24-9)13-7-14(23-17(18)22-13)19-8-15-20-11-5-3-4-6-12(11)21-15/h3-7H,8H2,1-2H3,(H,20,21)(H3,18,19,22,23). The number of rotatable bonds is 4. The molecule has 3 aromatic heterocycles. The number of aromatic amines is 1. The van der Waals surface area contributed by atoms with Gasteiger partial charge in [-0.25, -0.2) is 9.97 Å². The van der Waals surface area contributed by atoms with E-state index < -0.39 is 0 Å². The van der Waals surface area contributed by atoms with Gasteiger partial charge in [-0.1, -0.05) is 17.3 Å². The number of fused-ring (bicyclic) bond motifs is 1. The first-order valence-electron chi connectivity index (χ1n) is 7.85. The van der Waals surface area contributed by atoms with E-state index in [0.29, 0.717) is 23.8 Å². The van der Waals surface area contributed by atoms with E-state index in [1.165, 1.54) is 0 Å². The maximum Gasteiger partial charge on any atom is 0.222 e. The van der Waals surface area contributed by atoms with Crippen molar-refractivity contribution in [2.45, 2.75) is 20.4 Å². The van der Waals surface area contributed by atoms with Crippen LogP contribution in [0.1, 0.15) is 17.3 Å². The minimum atomic E-state index is 0.185. The van der Waals surface area contributed by atoms with Crippen molar-refractivity contribution < 1.29 is 4.52 Å². The summed E-state index contributed by atoms with van der Waals surface area (Å²) in [6, 6.07) is 9.71. The Morgan fingerprint density at radius 2 is 2.00 bits per heavy atom. The van der Waals surface area contributed by atoms with Gasteiger partial charge in [-0.2, -0.15) is 4.98 Å². The van der Waals surface area contributed by atoms with Crippen LogP contribution in [0.25, 0.3) is 22.3 Å². The summed E-state index contributed by atoms with van der Waals surface area (Å²) in [6.07, 6.45) is 0. The summed E-state index contributed by atoms with van der Waals surface area (Å²) in [6.45, 7) is 4.20. The third-order valence-corrected chi connectivity index (χ3v) is 3.91. The van der Waals surface area contributed by atoms with Crippen LogP contribution in [-0.4, -0.2) is 25.1 Å².